The molecule has 1 N–H and O–H groups in total. The molecule has 5 heteroatoms. The van der Waals surface area contributed by atoms with Gasteiger partial charge in [-0.3, -0.25) is 9.69 Å². The van der Waals surface area contributed by atoms with Gasteiger partial charge in [0.15, 0.2) is 0 Å². The molecule has 94 valence electrons. The summed E-state index contributed by atoms with van der Waals surface area (Å²) in [7, 11) is 1.68. The van der Waals surface area contributed by atoms with Gasteiger partial charge in [-0.15, -0.1) is 0 Å². The Balaban J connectivity index is 2.79. The van der Waals surface area contributed by atoms with Gasteiger partial charge < -0.3 is 5.11 Å². The molecule has 1 aromatic carbocycles. The lowest BCUT2D eigenvalue weighted by Gasteiger charge is -2.23. The largest absolute Gasteiger partial charge is 0.480 e. The Morgan fingerprint density at radius 1 is 1.59 bits per heavy atom. The van der Waals surface area contributed by atoms with Crippen LogP contribution in [0.15, 0.2) is 22.7 Å². The molecule has 1 rings (SSSR count). The fraction of sp³-hybridized carbons (Fsp3) is 0.417. The minimum Gasteiger partial charge on any atom is -0.480 e. The molecular weight excluding hydrogens is 289 g/mol. The van der Waals surface area contributed by atoms with E-state index in [9.17, 15) is 9.18 Å². The molecule has 1 atom stereocenters. The number of hydrogen-bond acceptors (Lipinski definition) is 2. The highest BCUT2D eigenvalue weighted by Crippen LogP contribution is 2.17. The SMILES string of the molecule is CCC(C(=O)O)N(C)Cc1ccc(Br)cc1F. The van der Waals surface area contributed by atoms with E-state index in [1.165, 1.54) is 6.07 Å². The van der Waals surface area contributed by atoms with Crippen molar-refractivity contribution in [2.75, 3.05) is 7.05 Å². The van der Waals surface area contributed by atoms with Crippen molar-refractivity contribution >= 4 is 21.9 Å². The molecule has 17 heavy (non-hydrogen) atoms. The zero-order valence-electron chi connectivity index (χ0n) is 9.78. The average Bonchev–Trinajstić information content (AvgIpc) is 2.22. The molecule has 1 aromatic rings. The van der Waals surface area contributed by atoms with Crippen molar-refractivity contribution in [1.82, 2.24) is 4.90 Å². The summed E-state index contributed by atoms with van der Waals surface area (Å²) in [4.78, 5) is 12.6. The second kappa shape index (κ2) is 6.12. The van der Waals surface area contributed by atoms with E-state index in [1.807, 2.05) is 0 Å². The number of carbonyl (C=O) groups is 1. The Kier molecular flexibility index (Phi) is 5.08. The van der Waals surface area contributed by atoms with Crippen LogP contribution in [-0.4, -0.2) is 29.1 Å². The van der Waals surface area contributed by atoms with E-state index in [1.54, 1.807) is 31.0 Å². The van der Waals surface area contributed by atoms with Crippen LogP contribution in [0, 0.1) is 5.82 Å². The normalized spacial score (nSPS) is 12.8. The first-order valence-electron chi connectivity index (χ1n) is 5.32. The van der Waals surface area contributed by atoms with Crippen molar-refractivity contribution in [3.63, 3.8) is 0 Å². The van der Waals surface area contributed by atoms with E-state index in [-0.39, 0.29) is 12.4 Å². The number of aliphatic carboxylic acids is 1. The predicted molar refractivity (Wildman–Crippen MR) is 67.3 cm³/mol. The summed E-state index contributed by atoms with van der Waals surface area (Å²) in [6, 6.07) is 4.20. The number of hydrogen-bond donors (Lipinski definition) is 1. The van der Waals surface area contributed by atoms with Gasteiger partial charge in [0.1, 0.15) is 11.9 Å². The van der Waals surface area contributed by atoms with E-state index in [2.05, 4.69) is 15.9 Å². The second-order valence-corrected chi connectivity index (χ2v) is 4.83. The maximum absolute atomic E-state index is 13.6. The third kappa shape index (κ3) is 3.78. The molecule has 0 bridgehead atoms. The molecule has 1 unspecified atom stereocenters. The van der Waals surface area contributed by atoms with Crippen LogP contribution in [0.3, 0.4) is 0 Å². The lowest BCUT2D eigenvalue weighted by molar-refractivity contribution is -0.143. The summed E-state index contributed by atoms with van der Waals surface area (Å²) < 4.78 is 14.2. The highest BCUT2D eigenvalue weighted by Gasteiger charge is 2.21. The van der Waals surface area contributed by atoms with Gasteiger partial charge >= 0.3 is 5.97 Å². The van der Waals surface area contributed by atoms with Gasteiger partial charge in [-0.1, -0.05) is 28.9 Å². The number of benzene rings is 1. The van der Waals surface area contributed by atoms with Crippen molar-refractivity contribution in [3.05, 3.63) is 34.1 Å². The van der Waals surface area contributed by atoms with Gasteiger partial charge in [0.25, 0.3) is 0 Å². The minimum atomic E-state index is -0.882. The summed E-state index contributed by atoms with van der Waals surface area (Å²) in [6.45, 7) is 2.08. The van der Waals surface area contributed by atoms with Crippen molar-refractivity contribution < 1.29 is 14.3 Å². The number of halogens is 2. The van der Waals surface area contributed by atoms with E-state index >= 15 is 0 Å². The molecule has 0 saturated heterocycles. The quantitative estimate of drug-likeness (QED) is 0.909. The van der Waals surface area contributed by atoms with Gasteiger partial charge in [0.05, 0.1) is 0 Å². The lowest BCUT2D eigenvalue weighted by Crippen LogP contribution is -2.37. The fourth-order valence-corrected chi connectivity index (χ4v) is 2.04. The minimum absolute atomic E-state index is 0.282. The number of carboxylic acid groups (broad SMARTS) is 1. The third-order valence-corrected chi connectivity index (χ3v) is 3.13. The number of likely N-dealkylation sites (N-methyl/N-ethyl adjacent to an activating group) is 1. The zero-order chi connectivity index (χ0) is 13.0. The molecular formula is C12H15BrFNO2. The number of nitrogens with zero attached hydrogens (tertiary/aromatic N) is 1. The van der Waals surface area contributed by atoms with Crippen molar-refractivity contribution in [1.29, 1.82) is 0 Å². The Hall–Kier alpha value is -0.940. The maximum Gasteiger partial charge on any atom is 0.320 e. The summed E-state index contributed by atoms with van der Waals surface area (Å²) >= 11 is 3.18. The number of rotatable bonds is 5. The van der Waals surface area contributed by atoms with Crippen LogP contribution in [0.25, 0.3) is 0 Å². The molecule has 0 heterocycles. The number of carboxylic acids is 1. The van der Waals surface area contributed by atoms with Gasteiger partial charge in [-0.2, -0.15) is 0 Å². The van der Waals surface area contributed by atoms with Gasteiger partial charge in [-0.25, -0.2) is 4.39 Å². The molecule has 0 aliphatic rings. The molecule has 0 saturated carbocycles. The summed E-state index contributed by atoms with van der Waals surface area (Å²) in [5.41, 5.74) is 0.496. The van der Waals surface area contributed by atoms with Crippen molar-refractivity contribution in [2.45, 2.75) is 25.9 Å². The molecule has 0 fully saturated rings. The van der Waals surface area contributed by atoms with Crippen LogP contribution >= 0.6 is 15.9 Å². The van der Waals surface area contributed by atoms with E-state index in [0.717, 1.165) is 0 Å². The first-order valence-corrected chi connectivity index (χ1v) is 6.12. The van der Waals surface area contributed by atoms with Crippen molar-refractivity contribution in [2.24, 2.45) is 0 Å². The van der Waals surface area contributed by atoms with Gasteiger partial charge in [0.2, 0.25) is 0 Å². The maximum atomic E-state index is 13.6. The summed E-state index contributed by atoms with van der Waals surface area (Å²) in [6.07, 6.45) is 0.490. The smallest absolute Gasteiger partial charge is 0.320 e. The average molecular weight is 304 g/mol. The van der Waals surface area contributed by atoms with Crippen LogP contribution in [0.1, 0.15) is 18.9 Å². The lowest BCUT2D eigenvalue weighted by atomic mass is 10.1. The van der Waals surface area contributed by atoms with Crippen LogP contribution in [0.2, 0.25) is 0 Å². The van der Waals surface area contributed by atoms with Crippen LogP contribution in [0.4, 0.5) is 4.39 Å². The first-order chi connectivity index (χ1) is 7.95. The molecule has 0 amide bonds. The van der Waals surface area contributed by atoms with Crippen LogP contribution in [0.5, 0.6) is 0 Å². The second-order valence-electron chi connectivity index (χ2n) is 3.91. The van der Waals surface area contributed by atoms with Crippen LogP contribution in [-0.2, 0) is 11.3 Å². The molecule has 0 aliphatic carbocycles. The zero-order valence-corrected chi connectivity index (χ0v) is 11.4. The van der Waals surface area contributed by atoms with Crippen LogP contribution < -0.4 is 0 Å². The predicted octanol–water partition coefficient (Wildman–Crippen LogP) is 2.88. The van der Waals surface area contributed by atoms with Gasteiger partial charge in [-0.05, 0) is 25.6 Å². The van der Waals surface area contributed by atoms with E-state index in [4.69, 9.17) is 5.11 Å². The molecule has 0 spiro atoms. The standard InChI is InChI=1S/C12H15BrFNO2/c1-3-11(12(16)17)15(2)7-8-4-5-9(13)6-10(8)14/h4-6,11H,3,7H2,1-2H3,(H,16,17). The summed E-state index contributed by atoms with van der Waals surface area (Å²) in [5, 5.41) is 8.99. The fourth-order valence-electron chi connectivity index (χ4n) is 1.70. The highest BCUT2D eigenvalue weighted by atomic mass is 79.9. The Bertz CT molecular complexity index is 411. The highest BCUT2D eigenvalue weighted by molar-refractivity contribution is 9.10. The van der Waals surface area contributed by atoms with Crippen molar-refractivity contribution in [3.8, 4) is 0 Å². The Labute approximate surface area is 108 Å². The summed E-state index contributed by atoms with van der Waals surface area (Å²) in [5.74, 6) is -1.21. The molecule has 0 aromatic heterocycles. The third-order valence-electron chi connectivity index (χ3n) is 2.64. The Morgan fingerprint density at radius 3 is 2.71 bits per heavy atom. The van der Waals surface area contributed by atoms with E-state index in [0.29, 0.717) is 16.5 Å². The Morgan fingerprint density at radius 2 is 2.24 bits per heavy atom. The molecule has 3 nitrogen and oxygen atoms in total. The first kappa shape index (κ1) is 14.1. The molecule has 0 aliphatic heterocycles. The van der Waals surface area contributed by atoms with Gasteiger partial charge in [0, 0.05) is 16.6 Å². The van der Waals surface area contributed by atoms with E-state index < -0.39 is 12.0 Å². The topological polar surface area (TPSA) is 40.5 Å². The monoisotopic (exact) mass is 303 g/mol. The molecule has 0 radical (unpaired) electrons.